The summed E-state index contributed by atoms with van der Waals surface area (Å²) in [6.45, 7) is 2.82. The molecule has 0 saturated carbocycles. The molecule has 2 aliphatic rings. The number of aliphatic hydroxyl groups is 1. The Morgan fingerprint density at radius 2 is 2.14 bits per heavy atom. The van der Waals surface area contributed by atoms with Gasteiger partial charge in [0.2, 0.25) is 0 Å². The van der Waals surface area contributed by atoms with Crippen LogP contribution >= 0.6 is 0 Å². The number of aromatic nitrogens is 1. The minimum absolute atomic E-state index is 0.0971. The number of likely N-dealkylation sites (tertiary alicyclic amines) is 1. The highest BCUT2D eigenvalue weighted by Crippen LogP contribution is 2.48. The molecule has 2 bridgehead atoms. The van der Waals surface area contributed by atoms with Gasteiger partial charge in [-0.05, 0) is 32.0 Å². The largest absolute Gasteiger partial charge is 0.386 e. The summed E-state index contributed by atoms with van der Waals surface area (Å²) < 4.78 is 2.05. The number of nitrogens with zero attached hydrogens (tertiary/aromatic N) is 2. The lowest BCUT2D eigenvalue weighted by Crippen LogP contribution is -2.62. The van der Waals surface area contributed by atoms with Crippen LogP contribution in [0.5, 0.6) is 0 Å². The van der Waals surface area contributed by atoms with Crippen molar-refractivity contribution in [1.82, 2.24) is 9.47 Å². The highest BCUT2D eigenvalue weighted by molar-refractivity contribution is 6.03. The van der Waals surface area contributed by atoms with Gasteiger partial charge < -0.3 is 9.67 Å². The predicted octanol–water partition coefficient (Wildman–Crippen LogP) is 2.43. The Hall–Kier alpha value is -1.65. The molecule has 3 atom stereocenters. The summed E-state index contributed by atoms with van der Waals surface area (Å²) in [5, 5.41) is 12.3. The number of rotatable bonds is 1. The Kier molecular flexibility index (Phi) is 2.60. The maximum absolute atomic E-state index is 12.9. The first kappa shape index (κ1) is 13.0. The van der Waals surface area contributed by atoms with Gasteiger partial charge in [-0.25, -0.2) is 0 Å². The van der Waals surface area contributed by atoms with Crippen LogP contribution in [0.25, 0.3) is 10.9 Å². The molecule has 110 valence electrons. The molecule has 0 radical (unpaired) electrons. The molecule has 21 heavy (non-hydrogen) atoms. The van der Waals surface area contributed by atoms with E-state index in [2.05, 4.69) is 9.47 Å². The topological polar surface area (TPSA) is 45.5 Å². The van der Waals surface area contributed by atoms with Crippen LogP contribution < -0.4 is 0 Å². The maximum atomic E-state index is 12.9. The van der Waals surface area contributed by atoms with Gasteiger partial charge in [0.05, 0.1) is 17.1 Å². The van der Waals surface area contributed by atoms with Crippen molar-refractivity contribution in [1.29, 1.82) is 0 Å². The quantitative estimate of drug-likeness (QED) is 0.875. The molecule has 1 unspecified atom stereocenters. The Balaban J connectivity index is 2.07. The molecule has 1 aromatic carbocycles. The number of fused-ring (bicyclic) bond motifs is 6. The lowest BCUT2D eigenvalue weighted by atomic mass is 9.71. The van der Waals surface area contributed by atoms with Crippen LogP contribution in [-0.4, -0.2) is 39.6 Å². The van der Waals surface area contributed by atoms with E-state index in [-0.39, 0.29) is 17.9 Å². The van der Waals surface area contributed by atoms with Crippen LogP contribution in [0, 0.1) is 5.92 Å². The standard InChI is InChI=1S/C17H20N2O2/c1-3-17(21)12-8-9-18(2)16(17)19-13-7-5-4-6-11(13)10-14(19)15(12)20/h4-7,10,12,16,21H,3,8-9H2,1-2H3/t12-,16+,17?/m0/s1. The van der Waals surface area contributed by atoms with Gasteiger partial charge in [0.15, 0.2) is 5.78 Å². The van der Waals surface area contributed by atoms with Crippen LogP contribution in [0.15, 0.2) is 30.3 Å². The van der Waals surface area contributed by atoms with Crippen molar-refractivity contribution in [3.8, 4) is 0 Å². The van der Waals surface area contributed by atoms with Crippen LogP contribution in [0.3, 0.4) is 0 Å². The molecule has 4 nitrogen and oxygen atoms in total. The minimum Gasteiger partial charge on any atom is -0.386 e. The van der Waals surface area contributed by atoms with E-state index in [9.17, 15) is 9.90 Å². The average Bonchev–Trinajstić information content (AvgIpc) is 2.85. The van der Waals surface area contributed by atoms with E-state index in [4.69, 9.17) is 0 Å². The van der Waals surface area contributed by atoms with E-state index in [1.165, 1.54) is 0 Å². The molecule has 0 aliphatic carbocycles. The highest BCUT2D eigenvalue weighted by atomic mass is 16.3. The first-order chi connectivity index (χ1) is 10.1. The number of para-hydroxylation sites is 1. The van der Waals surface area contributed by atoms with Crippen molar-refractivity contribution in [3.63, 3.8) is 0 Å². The molecule has 1 N–H and O–H groups in total. The van der Waals surface area contributed by atoms with Crippen molar-refractivity contribution in [2.24, 2.45) is 5.92 Å². The number of likely N-dealkylation sites (N-methyl/N-ethyl adjacent to an activating group) is 1. The summed E-state index contributed by atoms with van der Waals surface area (Å²) >= 11 is 0. The van der Waals surface area contributed by atoms with Crippen LogP contribution in [0.4, 0.5) is 0 Å². The Morgan fingerprint density at radius 3 is 2.90 bits per heavy atom. The molecule has 0 amide bonds. The zero-order chi connectivity index (χ0) is 14.8. The van der Waals surface area contributed by atoms with Crippen molar-refractivity contribution in [2.75, 3.05) is 13.6 Å². The number of hydrogen-bond donors (Lipinski definition) is 1. The smallest absolute Gasteiger partial charge is 0.185 e. The molecule has 2 aliphatic heterocycles. The van der Waals surface area contributed by atoms with Gasteiger partial charge in [0.25, 0.3) is 0 Å². The number of Topliss-reactive ketones (excluding diaryl/α,β-unsaturated/α-hetero) is 1. The van der Waals surface area contributed by atoms with Gasteiger partial charge in [-0.3, -0.25) is 9.69 Å². The van der Waals surface area contributed by atoms with Gasteiger partial charge in [-0.15, -0.1) is 0 Å². The second-order valence-electron chi connectivity index (χ2n) is 6.36. The van der Waals surface area contributed by atoms with Crippen LogP contribution in [-0.2, 0) is 0 Å². The van der Waals surface area contributed by atoms with E-state index in [1.54, 1.807) is 0 Å². The second kappa shape index (κ2) is 4.18. The molecular weight excluding hydrogens is 264 g/mol. The number of ketones is 1. The van der Waals surface area contributed by atoms with Gasteiger partial charge >= 0.3 is 0 Å². The zero-order valence-corrected chi connectivity index (χ0v) is 12.4. The fraction of sp³-hybridized carbons (Fsp3) is 0.471. The minimum atomic E-state index is -0.973. The first-order valence-electron chi connectivity index (χ1n) is 7.64. The summed E-state index contributed by atoms with van der Waals surface area (Å²) in [6, 6.07) is 10.0. The highest BCUT2D eigenvalue weighted by Gasteiger charge is 2.56. The monoisotopic (exact) mass is 284 g/mol. The number of carbonyl (C=O) groups excluding carboxylic acids is 1. The third-order valence-corrected chi connectivity index (χ3v) is 5.37. The normalized spacial score (nSPS) is 32.4. The number of benzene rings is 1. The Bertz CT molecular complexity index is 735. The third-order valence-electron chi connectivity index (χ3n) is 5.37. The van der Waals surface area contributed by atoms with E-state index in [0.29, 0.717) is 6.42 Å². The molecular formula is C17H20N2O2. The first-order valence-corrected chi connectivity index (χ1v) is 7.64. The number of carbonyl (C=O) groups is 1. The van der Waals surface area contributed by atoms with Gasteiger partial charge in [-0.1, -0.05) is 25.1 Å². The van der Waals surface area contributed by atoms with Crippen LogP contribution in [0.2, 0.25) is 0 Å². The Morgan fingerprint density at radius 1 is 1.38 bits per heavy atom. The Labute approximate surface area is 124 Å². The maximum Gasteiger partial charge on any atom is 0.185 e. The van der Waals surface area contributed by atoms with Crippen molar-refractivity contribution < 1.29 is 9.90 Å². The van der Waals surface area contributed by atoms with Crippen LogP contribution in [0.1, 0.15) is 36.4 Å². The molecule has 0 spiro atoms. The van der Waals surface area contributed by atoms with Gasteiger partial charge in [-0.2, -0.15) is 0 Å². The molecule has 4 rings (SSSR count). The molecule has 1 aromatic heterocycles. The van der Waals surface area contributed by atoms with E-state index < -0.39 is 5.60 Å². The molecule has 2 aromatic rings. The summed E-state index contributed by atoms with van der Waals surface area (Å²) in [4.78, 5) is 15.1. The third kappa shape index (κ3) is 1.49. The predicted molar refractivity (Wildman–Crippen MR) is 81.3 cm³/mol. The summed E-state index contributed by atoms with van der Waals surface area (Å²) in [5.41, 5.74) is 0.805. The van der Waals surface area contributed by atoms with E-state index >= 15 is 0 Å². The van der Waals surface area contributed by atoms with Crippen molar-refractivity contribution in [3.05, 3.63) is 36.0 Å². The number of piperidine rings is 1. The number of hydrogen-bond acceptors (Lipinski definition) is 3. The lowest BCUT2D eigenvalue weighted by Gasteiger charge is -2.53. The SMILES string of the molecule is CCC1(O)[C@@H]2N(C)CC[C@H]1C(=O)c1cc3ccccc3n12. The lowest BCUT2D eigenvalue weighted by molar-refractivity contribution is -0.139. The van der Waals surface area contributed by atoms with Gasteiger partial charge in [0.1, 0.15) is 11.8 Å². The summed E-state index contributed by atoms with van der Waals surface area (Å²) in [7, 11) is 2.04. The average molecular weight is 284 g/mol. The van der Waals surface area contributed by atoms with E-state index in [1.807, 2.05) is 44.3 Å². The van der Waals surface area contributed by atoms with E-state index in [0.717, 1.165) is 29.6 Å². The van der Waals surface area contributed by atoms with Gasteiger partial charge in [0, 0.05) is 11.9 Å². The molecule has 4 heteroatoms. The molecule has 3 heterocycles. The summed E-state index contributed by atoms with van der Waals surface area (Å²) in [6.07, 6.45) is 1.16. The molecule has 1 fully saturated rings. The van der Waals surface area contributed by atoms with Crippen molar-refractivity contribution >= 4 is 16.7 Å². The molecule has 1 saturated heterocycles. The fourth-order valence-electron chi connectivity index (χ4n) is 4.28. The second-order valence-corrected chi connectivity index (χ2v) is 6.36. The van der Waals surface area contributed by atoms with Crippen molar-refractivity contribution in [2.45, 2.75) is 31.5 Å². The zero-order valence-electron chi connectivity index (χ0n) is 12.4. The fourth-order valence-corrected chi connectivity index (χ4v) is 4.28. The summed E-state index contributed by atoms with van der Waals surface area (Å²) in [5.74, 6) is -0.180.